The van der Waals surface area contributed by atoms with E-state index in [0.29, 0.717) is 42.7 Å². The van der Waals surface area contributed by atoms with E-state index in [2.05, 4.69) is 20.8 Å². The summed E-state index contributed by atoms with van der Waals surface area (Å²) in [5.41, 5.74) is 4.01. The first-order valence-corrected chi connectivity index (χ1v) is 10.6. The maximum absolute atomic E-state index is 13.1. The zero-order valence-corrected chi connectivity index (χ0v) is 17.5. The molecule has 4 rings (SSSR count). The van der Waals surface area contributed by atoms with Gasteiger partial charge in [0.05, 0.1) is 6.61 Å². The molecule has 5 nitrogen and oxygen atoms in total. The van der Waals surface area contributed by atoms with Crippen LogP contribution < -0.4 is 0 Å². The molecule has 2 aliphatic carbocycles. The predicted molar refractivity (Wildman–Crippen MR) is 109 cm³/mol. The summed E-state index contributed by atoms with van der Waals surface area (Å²) in [4.78, 5) is 28.3. The minimum atomic E-state index is -0.484. The van der Waals surface area contributed by atoms with Crippen LogP contribution in [0.5, 0.6) is 5.75 Å². The van der Waals surface area contributed by atoms with Gasteiger partial charge >= 0.3 is 0 Å². The molecule has 6 heteroatoms. The molecule has 0 aromatic heterocycles. The summed E-state index contributed by atoms with van der Waals surface area (Å²) in [7, 11) is 1.66. The molecule has 1 aromatic rings. The van der Waals surface area contributed by atoms with Crippen LogP contribution in [-0.2, 0) is 14.3 Å². The highest BCUT2D eigenvalue weighted by atomic mass is 79.9. The Bertz CT molecular complexity index is 858. The number of ether oxygens (including phenoxy) is 1. The van der Waals surface area contributed by atoms with Crippen LogP contribution in [0.2, 0.25) is 0 Å². The molecule has 1 N–H and O–H groups in total. The lowest BCUT2D eigenvalue weighted by molar-refractivity contribution is -0.117. The molecule has 148 valence electrons. The van der Waals surface area contributed by atoms with Gasteiger partial charge < -0.3 is 14.7 Å². The van der Waals surface area contributed by atoms with Crippen molar-refractivity contribution in [3.05, 3.63) is 50.8 Å². The van der Waals surface area contributed by atoms with E-state index >= 15 is 0 Å². The van der Waals surface area contributed by atoms with Crippen LogP contribution in [0.25, 0.3) is 0 Å². The number of hydrogen-bond acceptors (Lipinski definition) is 5. The predicted octanol–water partition coefficient (Wildman–Crippen LogP) is 4.21. The highest BCUT2D eigenvalue weighted by Gasteiger charge is 2.43. The number of ketones is 2. The number of benzene rings is 1. The molecule has 1 heterocycles. The standard InChI is InChI=1S/C22H24BrNO4/c1-28-11-10-24-15-4-2-6-18(26)21(15)20(14-12-13(23)8-9-17(14)25)22-16(24)5-3-7-19(22)27/h8-9,12,20,25H,2-7,10-11H2,1H3. The average molecular weight is 446 g/mol. The number of rotatable bonds is 4. The summed E-state index contributed by atoms with van der Waals surface area (Å²) < 4.78 is 6.12. The van der Waals surface area contributed by atoms with Crippen molar-refractivity contribution in [3.63, 3.8) is 0 Å². The maximum atomic E-state index is 13.1. The quantitative estimate of drug-likeness (QED) is 0.751. The molecule has 0 amide bonds. The fourth-order valence-electron chi connectivity index (χ4n) is 4.74. The van der Waals surface area contributed by atoms with Crippen molar-refractivity contribution in [2.75, 3.05) is 20.3 Å². The molecule has 0 spiro atoms. The Balaban J connectivity index is 1.96. The number of halogens is 1. The van der Waals surface area contributed by atoms with Crippen molar-refractivity contribution in [1.82, 2.24) is 4.90 Å². The third kappa shape index (κ3) is 3.22. The summed E-state index contributed by atoms with van der Waals surface area (Å²) in [6.07, 6.45) is 4.21. The zero-order chi connectivity index (χ0) is 19.8. The van der Waals surface area contributed by atoms with Crippen LogP contribution in [0.3, 0.4) is 0 Å². The van der Waals surface area contributed by atoms with E-state index in [1.54, 1.807) is 19.2 Å². The van der Waals surface area contributed by atoms with E-state index in [-0.39, 0.29) is 17.3 Å². The van der Waals surface area contributed by atoms with E-state index in [0.717, 1.165) is 41.6 Å². The second-order valence-corrected chi connectivity index (χ2v) is 8.47. The van der Waals surface area contributed by atoms with Crippen molar-refractivity contribution in [2.24, 2.45) is 0 Å². The first-order chi connectivity index (χ1) is 13.5. The Morgan fingerprint density at radius 1 is 1.07 bits per heavy atom. The molecule has 1 aromatic carbocycles. The lowest BCUT2D eigenvalue weighted by atomic mass is 9.70. The first kappa shape index (κ1) is 19.4. The van der Waals surface area contributed by atoms with Gasteiger partial charge in [0.2, 0.25) is 0 Å². The van der Waals surface area contributed by atoms with Gasteiger partial charge in [-0.15, -0.1) is 0 Å². The van der Waals surface area contributed by atoms with Gasteiger partial charge in [-0.05, 0) is 43.9 Å². The number of phenols is 1. The van der Waals surface area contributed by atoms with Gasteiger partial charge in [0, 0.05) is 65.0 Å². The SMILES string of the molecule is COCCN1C2=C(C(=O)CCC2)C(c2cc(Br)ccc2O)C2=C1CCCC2=O. The lowest BCUT2D eigenvalue weighted by Gasteiger charge is -2.44. The number of hydrogen-bond donors (Lipinski definition) is 1. The van der Waals surface area contributed by atoms with Crippen LogP contribution >= 0.6 is 15.9 Å². The fourth-order valence-corrected chi connectivity index (χ4v) is 5.12. The van der Waals surface area contributed by atoms with Gasteiger partial charge in [-0.1, -0.05) is 15.9 Å². The highest BCUT2D eigenvalue weighted by Crippen LogP contribution is 2.50. The van der Waals surface area contributed by atoms with Crippen LogP contribution in [0.4, 0.5) is 0 Å². The molecule has 3 aliphatic rings. The topological polar surface area (TPSA) is 66.8 Å². The third-order valence-electron chi connectivity index (χ3n) is 5.91. The minimum Gasteiger partial charge on any atom is -0.508 e. The maximum Gasteiger partial charge on any atom is 0.161 e. The highest BCUT2D eigenvalue weighted by molar-refractivity contribution is 9.10. The summed E-state index contributed by atoms with van der Waals surface area (Å²) in [6.45, 7) is 1.16. The molecule has 0 saturated heterocycles. The second-order valence-electron chi connectivity index (χ2n) is 7.55. The molecular formula is C22H24BrNO4. The minimum absolute atomic E-state index is 0.0814. The average Bonchev–Trinajstić information content (AvgIpc) is 2.68. The Morgan fingerprint density at radius 2 is 1.68 bits per heavy atom. The number of methoxy groups -OCH3 is 1. The van der Waals surface area contributed by atoms with Crippen molar-refractivity contribution in [2.45, 2.75) is 44.4 Å². The fraction of sp³-hybridized carbons (Fsp3) is 0.455. The Hall–Kier alpha value is -1.92. The van der Waals surface area contributed by atoms with Crippen molar-refractivity contribution >= 4 is 27.5 Å². The first-order valence-electron chi connectivity index (χ1n) is 9.80. The lowest BCUT2D eigenvalue weighted by Crippen LogP contribution is -2.40. The van der Waals surface area contributed by atoms with Crippen LogP contribution in [0.15, 0.2) is 45.2 Å². The van der Waals surface area contributed by atoms with Gasteiger partial charge in [0.25, 0.3) is 0 Å². The molecule has 0 fully saturated rings. The van der Waals surface area contributed by atoms with E-state index < -0.39 is 5.92 Å². The van der Waals surface area contributed by atoms with Crippen LogP contribution in [0, 0.1) is 0 Å². The smallest absolute Gasteiger partial charge is 0.161 e. The monoisotopic (exact) mass is 445 g/mol. The zero-order valence-electron chi connectivity index (χ0n) is 16.0. The summed E-state index contributed by atoms with van der Waals surface area (Å²) in [5, 5.41) is 10.6. The van der Waals surface area contributed by atoms with E-state index in [9.17, 15) is 14.7 Å². The Labute approximate surface area is 173 Å². The number of aromatic hydroxyl groups is 1. The molecule has 0 unspecified atom stereocenters. The third-order valence-corrected chi connectivity index (χ3v) is 6.40. The van der Waals surface area contributed by atoms with Gasteiger partial charge in [-0.3, -0.25) is 9.59 Å². The van der Waals surface area contributed by atoms with Gasteiger partial charge in [0.1, 0.15) is 5.75 Å². The number of carbonyl (C=O) groups excluding carboxylic acids is 2. The van der Waals surface area contributed by atoms with E-state index in [1.807, 2.05) is 6.07 Å². The Kier molecular flexibility index (Phi) is 5.43. The molecule has 1 aliphatic heterocycles. The second kappa shape index (κ2) is 7.84. The van der Waals surface area contributed by atoms with Crippen molar-refractivity contribution < 1.29 is 19.4 Å². The van der Waals surface area contributed by atoms with Crippen LogP contribution in [0.1, 0.15) is 50.0 Å². The molecule has 0 bridgehead atoms. The largest absolute Gasteiger partial charge is 0.508 e. The number of nitrogens with zero attached hydrogens (tertiary/aromatic N) is 1. The summed E-state index contributed by atoms with van der Waals surface area (Å²) >= 11 is 3.48. The van der Waals surface area contributed by atoms with E-state index in [4.69, 9.17) is 4.74 Å². The van der Waals surface area contributed by atoms with Gasteiger partial charge in [-0.2, -0.15) is 0 Å². The number of phenolic OH excluding ortho intramolecular Hbond substituents is 1. The summed E-state index contributed by atoms with van der Waals surface area (Å²) in [6, 6.07) is 5.23. The molecule has 0 atom stereocenters. The van der Waals surface area contributed by atoms with E-state index in [1.165, 1.54) is 0 Å². The van der Waals surface area contributed by atoms with Gasteiger partial charge in [0.15, 0.2) is 11.6 Å². The van der Waals surface area contributed by atoms with Crippen molar-refractivity contribution in [1.29, 1.82) is 0 Å². The summed E-state index contributed by atoms with van der Waals surface area (Å²) in [5.74, 6) is -0.202. The molecule has 0 radical (unpaired) electrons. The normalized spacial score (nSPS) is 20.6. The molecular weight excluding hydrogens is 422 g/mol. The number of allylic oxidation sites excluding steroid dienone is 4. The number of Topliss-reactive ketones (excluding diaryl/α,β-unsaturated/α-hetero) is 2. The molecule has 28 heavy (non-hydrogen) atoms. The molecule has 0 saturated carbocycles. The number of carbonyl (C=O) groups is 2. The van der Waals surface area contributed by atoms with Crippen molar-refractivity contribution in [3.8, 4) is 5.75 Å². The Morgan fingerprint density at radius 3 is 2.25 bits per heavy atom. The van der Waals surface area contributed by atoms with Crippen LogP contribution in [-0.4, -0.2) is 41.8 Å². The van der Waals surface area contributed by atoms with Gasteiger partial charge in [-0.25, -0.2) is 0 Å².